The summed E-state index contributed by atoms with van der Waals surface area (Å²) < 4.78 is 5.34. The van der Waals surface area contributed by atoms with Crippen molar-refractivity contribution < 1.29 is 9.53 Å². The van der Waals surface area contributed by atoms with Crippen molar-refractivity contribution in [2.45, 2.75) is 26.4 Å². The Labute approximate surface area is 128 Å². The molecule has 0 radical (unpaired) electrons. The zero-order valence-electron chi connectivity index (χ0n) is 12.6. The van der Waals surface area contributed by atoms with Crippen LogP contribution in [0, 0.1) is 6.92 Å². The number of anilines is 1. The van der Waals surface area contributed by atoms with Gasteiger partial charge in [0.2, 0.25) is 5.91 Å². The second-order valence-electron chi connectivity index (χ2n) is 5.31. The Balaban J connectivity index is 2.01. The van der Waals surface area contributed by atoms with E-state index in [1.54, 1.807) is 23.3 Å². The number of thiazole rings is 1. The summed E-state index contributed by atoms with van der Waals surface area (Å²) in [5.74, 6) is 0.144. The van der Waals surface area contributed by atoms with Crippen LogP contribution < -0.4 is 4.90 Å². The Bertz CT molecular complexity index is 708. The number of hydrogen-bond acceptors (Lipinski definition) is 4. The maximum Gasteiger partial charge on any atom is 0.231 e. The zero-order chi connectivity index (χ0) is 15.1. The van der Waals surface area contributed by atoms with Gasteiger partial charge in [-0.15, -0.1) is 11.3 Å². The Morgan fingerprint density at radius 3 is 2.90 bits per heavy atom. The molecule has 1 aliphatic heterocycles. The molecule has 0 saturated heterocycles. The van der Waals surface area contributed by atoms with Crippen LogP contribution in [0.15, 0.2) is 18.2 Å². The van der Waals surface area contributed by atoms with Gasteiger partial charge < -0.3 is 9.64 Å². The van der Waals surface area contributed by atoms with Crippen LogP contribution in [0.25, 0.3) is 11.3 Å². The van der Waals surface area contributed by atoms with Crippen molar-refractivity contribution in [1.82, 2.24) is 4.98 Å². The summed E-state index contributed by atoms with van der Waals surface area (Å²) >= 11 is 1.66. The minimum Gasteiger partial charge on any atom is -0.375 e. The van der Waals surface area contributed by atoms with Crippen LogP contribution in [0.2, 0.25) is 0 Å². The summed E-state index contributed by atoms with van der Waals surface area (Å²) in [5.41, 5.74) is 4.14. The van der Waals surface area contributed by atoms with Crippen molar-refractivity contribution in [2.75, 3.05) is 19.1 Å². The average molecular weight is 302 g/mol. The van der Waals surface area contributed by atoms with E-state index in [1.165, 1.54) is 4.88 Å². The number of methoxy groups -OCH3 is 1. The highest BCUT2D eigenvalue weighted by Gasteiger charge is 2.24. The smallest absolute Gasteiger partial charge is 0.231 e. The monoisotopic (exact) mass is 302 g/mol. The Kier molecular flexibility index (Phi) is 3.55. The number of hydrogen-bond donors (Lipinski definition) is 0. The fourth-order valence-electron chi connectivity index (χ4n) is 2.58. The molecule has 0 unspecified atom stereocenters. The number of benzene rings is 1. The molecule has 1 amide bonds. The summed E-state index contributed by atoms with van der Waals surface area (Å²) in [6.45, 7) is 4.07. The standard InChI is InChI=1S/C16H18N2O2S/c1-9(20-4)16-17-15(10(2)21-16)11-5-6-13-12(7-11)8-14(19)18(13)3/h5-7,9H,8H2,1-4H3/t9-/m0/s1. The predicted octanol–water partition coefficient (Wildman–Crippen LogP) is 3.34. The van der Waals surface area contributed by atoms with E-state index in [4.69, 9.17) is 9.72 Å². The Morgan fingerprint density at radius 2 is 2.19 bits per heavy atom. The van der Waals surface area contributed by atoms with Crippen LogP contribution in [0.3, 0.4) is 0 Å². The fraction of sp³-hybridized carbons (Fsp3) is 0.375. The average Bonchev–Trinajstić information content (AvgIpc) is 2.99. The van der Waals surface area contributed by atoms with Gasteiger partial charge in [-0.3, -0.25) is 4.79 Å². The first kappa shape index (κ1) is 14.2. The summed E-state index contributed by atoms with van der Waals surface area (Å²) in [4.78, 5) is 19.4. The lowest BCUT2D eigenvalue weighted by atomic mass is 10.1. The van der Waals surface area contributed by atoms with Crippen molar-refractivity contribution >= 4 is 22.9 Å². The molecule has 1 aromatic heterocycles. The van der Waals surface area contributed by atoms with Crippen LogP contribution in [0.5, 0.6) is 0 Å². The molecule has 1 atom stereocenters. The van der Waals surface area contributed by atoms with E-state index in [2.05, 4.69) is 13.0 Å². The molecule has 0 aliphatic carbocycles. The van der Waals surface area contributed by atoms with Gasteiger partial charge in [0.25, 0.3) is 0 Å². The molecular weight excluding hydrogens is 284 g/mol. The van der Waals surface area contributed by atoms with Gasteiger partial charge in [0.15, 0.2) is 0 Å². The lowest BCUT2D eigenvalue weighted by Crippen LogP contribution is -2.20. The number of carbonyl (C=O) groups is 1. The van der Waals surface area contributed by atoms with E-state index in [1.807, 2.05) is 26.1 Å². The highest BCUT2D eigenvalue weighted by Crippen LogP contribution is 2.35. The lowest BCUT2D eigenvalue weighted by Gasteiger charge is -2.10. The van der Waals surface area contributed by atoms with Crippen LogP contribution in [0.1, 0.15) is 28.5 Å². The van der Waals surface area contributed by atoms with Crippen molar-refractivity contribution in [1.29, 1.82) is 0 Å². The second-order valence-corrected chi connectivity index (χ2v) is 6.54. The van der Waals surface area contributed by atoms with E-state index in [-0.39, 0.29) is 12.0 Å². The minimum atomic E-state index is 0.00425. The van der Waals surface area contributed by atoms with E-state index in [0.29, 0.717) is 6.42 Å². The SMILES string of the molecule is CO[C@@H](C)c1nc(-c2ccc3c(c2)CC(=O)N3C)c(C)s1. The second kappa shape index (κ2) is 5.24. The molecule has 5 heteroatoms. The highest BCUT2D eigenvalue weighted by molar-refractivity contribution is 7.12. The molecule has 110 valence electrons. The van der Waals surface area contributed by atoms with Crippen LogP contribution >= 0.6 is 11.3 Å². The molecule has 0 saturated carbocycles. The molecule has 21 heavy (non-hydrogen) atoms. The van der Waals surface area contributed by atoms with Crippen LogP contribution in [-0.4, -0.2) is 25.0 Å². The van der Waals surface area contributed by atoms with Crippen LogP contribution in [0.4, 0.5) is 5.69 Å². The van der Waals surface area contributed by atoms with Gasteiger partial charge in [-0.05, 0) is 31.5 Å². The van der Waals surface area contributed by atoms with E-state index in [9.17, 15) is 4.79 Å². The maximum absolute atomic E-state index is 11.8. The predicted molar refractivity (Wildman–Crippen MR) is 84.8 cm³/mol. The van der Waals surface area contributed by atoms with Crippen LogP contribution in [-0.2, 0) is 16.0 Å². The van der Waals surface area contributed by atoms with Gasteiger partial charge in [0.1, 0.15) is 11.1 Å². The third-order valence-electron chi connectivity index (χ3n) is 3.94. The number of nitrogens with zero attached hydrogens (tertiary/aromatic N) is 2. The molecule has 2 aromatic rings. The third kappa shape index (κ3) is 2.36. The summed E-state index contributed by atoms with van der Waals surface area (Å²) in [6.07, 6.45) is 0.481. The van der Waals surface area contributed by atoms with Crippen molar-refractivity contribution in [3.05, 3.63) is 33.6 Å². The molecule has 0 N–H and O–H groups in total. The van der Waals surface area contributed by atoms with Crippen molar-refractivity contribution in [3.8, 4) is 11.3 Å². The molecule has 3 rings (SSSR count). The van der Waals surface area contributed by atoms with Gasteiger partial charge in [-0.1, -0.05) is 6.07 Å². The molecule has 1 aliphatic rings. The number of carbonyl (C=O) groups excluding carboxylic acids is 1. The fourth-order valence-corrected chi connectivity index (χ4v) is 3.55. The first-order valence-corrected chi connectivity index (χ1v) is 7.73. The Hall–Kier alpha value is -1.72. The van der Waals surface area contributed by atoms with E-state index in [0.717, 1.165) is 27.5 Å². The number of ether oxygens (including phenoxy) is 1. The zero-order valence-corrected chi connectivity index (χ0v) is 13.5. The van der Waals surface area contributed by atoms with Gasteiger partial charge >= 0.3 is 0 Å². The van der Waals surface area contributed by atoms with E-state index >= 15 is 0 Å². The topological polar surface area (TPSA) is 42.4 Å². The normalized spacial score (nSPS) is 15.4. The van der Waals surface area contributed by atoms with Crippen molar-refractivity contribution in [3.63, 3.8) is 0 Å². The molecule has 0 bridgehead atoms. The third-order valence-corrected chi connectivity index (χ3v) is 5.08. The number of fused-ring (bicyclic) bond motifs is 1. The van der Waals surface area contributed by atoms with Crippen molar-refractivity contribution in [2.24, 2.45) is 0 Å². The molecule has 0 fully saturated rings. The van der Waals surface area contributed by atoms with E-state index < -0.39 is 0 Å². The summed E-state index contributed by atoms with van der Waals surface area (Å²) in [6, 6.07) is 6.13. The first-order chi connectivity index (χ1) is 10.0. The molecule has 0 spiro atoms. The number of aryl methyl sites for hydroxylation is 1. The van der Waals surface area contributed by atoms with Gasteiger partial charge in [0, 0.05) is 30.3 Å². The first-order valence-electron chi connectivity index (χ1n) is 6.91. The number of aromatic nitrogens is 1. The minimum absolute atomic E-state index is 0.00425. The lowest BCUT2D eigenvalue weighted by molar-refractivity contribution is -0.117. The molecule has 4 nitrogen and oxygen atoms in total. The van der Waals surface area contributed by atoms with Gasteiger partial charge in [0.05, 0.1) is 12.1 Å². The number of likely N-dealkylation sites (N-methyl/N-ethyl adjacent to an activating group) is 1. The summed E-state index contributed by atoms with van der Waals surface area (Å²) in [7, 11) is 3.51. The molecule has 2 heterocycles. The molecule has 1 aromatic carbocycles. The summed E-state index contributed by atoms with van der Waals surface area (Å²) in [5, 5.41) is 0.985. The molecular formula is C16H18N2O2S. The largest absolute Gasteiger partial charge is 0.375 e. The number of rotatable bonds is 3. The quantitative estimate of drug-likeness (QED) is 0.873. The Morgan fingerprint density at radius 1 is 1.43 bits per heavy atom. The number of amides is 1. The van der Waals surface area contributed by atoms with Gasteiger partial charge in [-0.2, -0.15) is 0 Å². The highest BCUT2D eigenvalue weighted by atomic mass is 32.1. The van der Waals surface area contributed by atoms with Gasteiger partial charge in [-0.25, -0.2) is 4.98 Å². The maximum atomic E-state index is 11.8.